The molecule has 5 rings (SSSR count). The fourth-order valence-corrected chi connectivity index (χ4v) is 4.31. The maximum Gasteiger partial charge on any atom is 0.157 e. The number of aromatic nitrogens is 3. The lowest BCUT2D eigenvalue weighted by Crippen LogP contribution is -2.31. The summed E-state index contributed by atoms with van der Waals surface area (Å²) in [5.74, 6) is 0. The molecule has 0 amide bonds. The van der Waals surface area contributed by atoms with Gasteiger partial charge in [-0.2, -0.15) is 5.26 Å². The quantitative estimate of drug-likeness (QED) is 0.541. The first kappa shape index (κ1) is 17.0. The summed E-state index contributed by atoms with van der Waals surface area (Å²) < 4.78 is 2.04. The normalized spacial score (nSPS) is 17.2. The van der Waals surface area contributed by atoms with E-state index < -0.39 is 0 Å². The van der Waals surface area contributed by atoms with Crippen molar-refractivity contribution in [3.8, 4) is 6.07 Å². The molecule has 0 saturated carbocycles. The Morgan fingerprint density at radius 1 is 1.14 bits per heavy atom. The number of fused-ring (bicyclic) bond motifs is 5. The van der Waals surface area contributed by atoms with Crippen LogP contribution < -0.4 is 4.90 Å². The second kappa shape index (κ2) is 6.18. The Balaban J connectivity index is 1.84. The van der Waals surface area contributed by atoms with Crippen molar-refractivity contribution in [2.75, 3.05) is 32.1 Å². The highest BCUT2D eigenvalue weighted by Gasteiger charge is 2.26. The minimum atomic E-state index is 0.539. The van der Waals surface area contributed by atoms with Gasteiger partial charge in [0, 0.05) is 35.9 Å². The minimum absolute atomic E-state index is 0.539. The zero-order valence-electron chi connectivity index (χ0n) is 16.3. The van der Waals surface area contributed by atoms with Crippen LogP contribution >= 0.6 is 0 Å². The molecule has 1 saturated heterocycles. The van der Waals surface area contributed by atoms with Crippen LogP contribution in [-0.4, -0.2) is 52.5 Å². The lowest BCUT2D eigenvalue weighted by Gasteiger charge is -2.23. The number of anilines is 1. The van der Waals surface area contributed by atoms with E-state index in [0.29, 0.717) is 17.3 Å². The van der Waals surface area contributed by atoms with Gasteiger partial charge in [-0.15, -0.1) is 0 Å². The molecule has 0 radical (unpaired) electrons. The number of nitriles is 1. The Morgan fingerprint density at radius 3 is 2.71 bits per heavy atom. The Kier molecular flexibility index (Phi) is 3.74. The Morgan fingerprint density at radius 2 is 1.96 bits per heavy atom. The predicted octanol–water partition coefficient (Wildman–Crippen LogP) is 3.36. The summed E-state index contributed by atoms with van der Waals surface area (Å²) in [5, 5.41) is 10.8. The van der Waals surface area contributed by atoms with E-state index >= 15 is 0 Å². The van der Waals surface area contributed by atoms with Crippen molar-refractivity contribution in [2.24, 2.45) is 0 Å². The molecule has 6 heteroatoms. The van der Waals surface area contributed by atoms with Crippen LogP contribution in [0.4, 0.5) is 5.69 Å². The topological polar surface area (TPSA) is 60.5 Å². The number of hydrogen-bond donors (Lipinski definition) is 0. The molecule has 1 unspecified atom stereocenters. The van der Waals surface area contributed by atoms with Crippen LogP contribution in [0.1, 0.15) is 17.7 Å². The van der Waals surface area contributed by atoms with E-state index in [9.17, 15) is 5.26 Å². The standard InChI is InChI=1S/C22H22N6/c1-14-10-20(27-9-8-16(13-27)26(2)3)17-11-15(12-23)21-25-18-6-4-5-7-19(18)28(21)22(17)24-14/h4-7,10-11,16H,8-9,13H2,1-3H3. The van der Waals surface area contributed by atoms with Gasteiger partial charge in [-0.1, -0.05) is 12.1 Å². The van der Waals surface area contributed by atoms with Gasteiger partial charge in [-0.3, -0.25) is 4.40 Å². The van der Waals surface area contributed by atoms with Gasteiger partial charge >= 0.3 is 0 Å². The van der Waals surface area contributed by atoms with E-state index in [1.807, 2.05) is 41.7 Å². The van der Waals surface area contributed by atoms with Crippen molar-refractivity contribution in [3.05, 3.63) is 47.7 Å². The maximum atomic E-state index is 9.80. The zero-order chi connectivity index (χ0) is 19.4. The average Bonchev–Trinajstić information content (AvgIpc) is 3.32. The molecule has 1 aliphatic rings. The van der Waals surface area contributed by atoms with Gasteiger partial charge in [0.2, 0.25) is 0 Å². The molecular weight excluding hydrogens is 348 g/mol. The van der Waals surface area contributed by atoms with Gasteiger partial charge < -0.3 is 9.80 Å². The Bertz CT molecular complexity index is 1260. The highest BCUT2D eigenvalue weighted by atomic mass is 15.2. The van der Waals surface area contributed by atoms with Crippen LogP contribution in [0.2, 0.25) is 0 Å². The van der Waals surface area contributed by atoms with E-state index in [0.717, 1.165) is 53.0 Å². The van der Waals surface area contributed by atoms with Crippen LogP contribution in [0, 0.1) is 18.3 Å². The van der Waals surface area contributed by atoms with Crippen LogP contribution in [-0.2, 0) is 0 Å². The molecular formula is C22H22N6. The number of rotatable bonds is 2. The largest absolute Gasteiger partial charge is 0.369 e. The fraction of sp³-hybridized carbons (Fsp3) is 0.318. The maximum absolute atomic E-state index is 9.80. The first-order valence-electron chi connectivity index (χ1n) is 9.60. The SMILES string of the molecule is Cc1cc(N2CCC(N(C)C)C2)c2cc(C#N)c3nc4ccccc4n3c2n1. The molecule has 3 aromatic heterocycles. The van der Waals surface area contributed by atoms with Gasteiger partial charge in [-0.05, 0) is 51.7 Å². The lowest BCUT2D eigenvalue weighted by atomic mass is 10.1. The van der Waals surface area contributed by atoms with Crippen LogP contribution in [0.3, 0.4) is 0 Å². The number of likely N-dealkylation sites (N-methyl/N-ethyl adjacent to an activating group) is 1. The molecule has 0 spiro atoms. The third-order valence-electron chi connectivity index (χ3n) is 5.80. The molecule has 4 heterocycles. The van der Waals surface area contributed by atoms with E-state index in [1.165, 1.54) is 0 Å². The minimum Gasteiger partial charge on any atom is -0.369 e. The van der Waals surface area contributed by atoms with E-state index in [1.54, 1.807) is 0 Å². The highest BCUT2D eigenvalue weighted by molar-refractivity contribution is 5.97. The second-order valence-corrected chi connectivity index (χ2v) is 7.80. The fourth-order valence-electron chi connectivity index (χ4n) is 4.31. The number of benzene rings is 1. The lowest BCUT2D eigenvalue weighted by molar-refractivity contribution is 0.315. The molecule has 0 bridgehead atoms. The summed E-state index contributed by atoms with van der Waals surface area (Å²) in [6, 6.07) is 15.0. The third-order valence-corrected chi connectivity index (χ3v) is 5.80. The highest BCUT2D eigenvalue weighted by Crippen LogP contribution is 2.33. The number of nitrogens with zero attached hydrogens (tertiary/aromatic N) is 6. The first-order valence-corrected chi connectivity index (χ1v) is 9.60. The molecule has 28 heavy (non-hydrogen) atoms. The summed E-state index contributed by atoms with van der Waals surface area (Å²) in [6.45, 7) is 4.02. The molecule has 4 aromatic rings. The van der Waals surface area contributed by atoms with Gasteiger partial charge in [0.25, 0.3) is 0 Å². The van der Waals surface area contributed by atoms with Gasteiger partial charge in [0.15, 0.2) is 5.65 Å². The van der Waals surface area contributed by atoms with Crippen molar-refractivity contribution in [1.82, 2.24) is 19.3 Å². The molecule has 1 atom stereocenters. The van der Waals surface area contributed by atoms with Crippen molar-refractivity contribution in [3.63, 3.8) is 0 Å². The summed E-state index contributed by atoms with van der Waals surface area (Å²) in [6.07, 6.45) is 1.14. The molecule has 0 aliphatic carbocycles. The van der Waals surface area contributed by atoms with Crippen molar-refractivity contribution in [1.29, 1.82) is 5.26 Å². The third kappa shape index (κ3) is 2.44. The van der Waals surface area contributed by atoms with Gasteiger partial charge in [-0.25, -0.2) is 9.97 Å². The van der Waals surface area contributed by atoms with E-state index in [-0.39, 0.29) is 0 Å². The van der Waals surface area contributed by atoms with Crippen molar-refractivity contribution in [2.45, 2.75) is 19.4 Å². The first-order chi connectivity index (χ1) is 13.6. The van der Waals surface area contributed by atoms with Gasteiger partial charge in [0.05, 0.1) is 16.6 Å². The second-order valence-electron chi connectivity index (χ2n) is 7.80. The molecule has 140 valence electrons. The number of pyridine rings is 2. The molecule has 0 N–H and O–H groups in total. The summed E-state index contributed by atoms with van der Waals surface area (Å²) in [5.41, 5.74) is 6.11. The average molecular weight is 370 g/mol. The molecule has 6 nitrogen and oxygen atoms in total. The monoisotopic (exact) mass is 370 g/mol. The summed E-state index contributed by atoms with van der Waals surface area (Å²) >= 11 is 0. The summed E-state index contributed by atoms with van der Waals surface area (Å²) in [7, 11) is 4.28. The Hall–Kier alpha value is -3.17. The zero-order valence-corrected chi connectivity index (χ0v) is 16.3. The van der Waals surface area contributed by atoms with Crippen molar-refractivity contribution >= 4 is 33.4 Å². The van der Waals surface area contributed by atoms with Crippen LogP contribution in [0.5, 0.6) is 0 Å². The smallest absolute Gasteiger partial charge is 0.157 e. The summed E-state index contributed by atoms with van der Waals surface area (Å²) in [4.78, 5) is 14.3. The number of hydrogen-bond acceptors (Lipinski definition) is 5. The van der Waals surface area contributed by atoms with E-state index in [2.05, 4.69) is 36.0 Å². The molecule has 1 fully saturated rings. The number of imidazole rings is 1. The van der Waals surface area contributed by atoms with Crippen LogP contribution in [0.25, 0.3) is 27.7 Å². The predicted molar refractivity (Wildman–Crippen MR) is 112 cm³/mol. The Labute approximate surface area is 163 Å². The van der Waals surface area contributed by atoms with E-state index in [4.69, 9.17) is 9.97 Å². The van der Waals surface area contributed by atoms with Crippen LogP contribution in [0.15, 0.2) is 36.4 Å². The molecule has 1 aliphatic heterocycles. The number of aryl methyl sites for hydroxylation is 1. The van der Waals surface area contributed by atoms with Crippen molar-refractivity contribution < 1.29 is 0 Å². The number of para-hydroxylation sites is 2. The molecule has 1 aromatic carbocycles. The van der Waals surface area contributed by atoms with Gasteiger partial charge in [0.1, 0.15) is 11.7 Å².